The highest BCUT2D eigenvalue weighted by atomic mass is 16.7. The van der Waals surface area contributed by atoms with Crippen LogP contribution in [0.1, 0.15) is 26.3 Å². The first-order chi connectivity index (χ1) is 18.9. The fraction of sp³-hybridized carbons (Fsp3) is 0.182. The smallest absolute Gasteiger partial charge is 0.397 e. The number of benzene rings is 4. The van der Waals surface area contributed by atoms with Crippen LogP contribution < -0.4 is 5.72 Å². The maximum absolute atomic E-state index is 6.71. The van der Waals surface area contributed by atoms with Crippen LogP contribution in [-0.4, -0.2) is 33.3 Å². The molecule has 5 aromatic rings. The van der Waals surface area contributed by atoms with Gasteiger partial charge in [0.25, 0.3) is 0 Å². The molecule has 1 atom stereocenters. The second-order valence-electron chi connectivity index (χ2n) is 10.6. The van der Waals surface area contributed by atoms with Gasteiger partial charge < -0.3 is 9.31 Å². The lowest BCUT2D eigenvalue weighted by atomic mass is 9.82. The Morgan fingerprint density at radius 2 is 1.08 bits per heavy atom. The van der Waals surface area contributed by atoms with E-state index in [9.17, 15) is 0 Å². The molecule has 0 saturated carbocycles. The average molecular weight is 511 g/mol. The van der Waals surface area contributed by atoms with E-state index >= 15 is 0 Å². The summed E-state index contributed by atoms with van der Waals surface area (Å²) in [6.45, 7) is 6.26. The van der Waals surface area contributed by atoms with Crippen LogP contribution in [0.5, 0.6) is 0 Å². The predicted octanol–water partition coefficient (Wildman–Crippen LogP) is 6.39. The van der Waals surface area contributed by atoms with Gasteiger partial charge in [0.2, 0.25) is 0 Å². The molecule has 6 rings (SSSR count). The van der Waals surface area contributed by atoms with Crippen molar-refractivity contribution < 1.29 is 9.31 Å². The van der Waals surface area contributed by atoms with Crippen molar-refractivity contribution in [1.82, 2.24) is 15.0 Å². The standard InChI is InChI=1S/C33H30BN3O2/c1-32(2)33(3,23-24-14-13-21-28(22-24)25-15-7-4-8-16-25)39-34(38-32)31-36-29(26-17-9-5-10-18-26)35-30(37-31)27-19-11-6-12-20-27/h4-22H,23H2,1-3H3. The summed E-state index contributed by atoms with van der Waals surface area (Å²) in [5, 5.41) is 0. The first kappa shape index (κ1) is 25.2. The minimum absolute atomic E-state index is 0.470. The third kappa shape index (κ3) is 5.13. The maximum atomic E-state index is 6.71. The molecule has 192 valence electrons. The second kappa shape index (κ2) is 10.2. The summed E-state index contributed by atoms with van der Waals surface area (Å²) in [5.41, 5.74) is 4.65. The fourth-order valence-electron chi connectivity index (χ4n) is 4.97. The molecule has 1 aliphatic heterocycles. The monoisotopic (exact) mass is 511 g/mol. The fourth-order valence-corrected chi connectivity index (χ4v) is 4.97. The molecule has 4 aromatic carbocycles. The molecule has 0 radical (unpaired) electrons. The van der Waals surface area contributed by atoms with Crippen LogP contribution in [0.15, 0.2) is 115 Å². The summed E-state index contributed by atoms with van der Waals surface area (Å²) in [7, 11) is -0.727. The largest absolute Gasteiger partial charge is 0.534 e. The molecule has 6 heteroatoms. The van der Waals surface area contributed by atoms with Crippen molar-refractivity contribution in [2.45, 2.75) is 38.4 Å². The zero-order valence-corrected chi connectivity index (χ0v) is 22.4. The molecule has 1 aromatic heterocycles. The number of aromatic nitrogens is 3. The average Bonchev–Trinajstić information content (AvgIpc) is 3.22. The van der Waals surface area contributed by atoms with Gasteiger partial charge in [-0.3, -0.25) is 0 Å². The van der Waals surface area contributed by atoms with Gasteiger partial charge in [0.15, 0.2) is 17.4 Å². The Kier molecular flexibility index (Phi) is 6.59. The van der Waals surface area contributed by atoms with Crippen molar-refractivity contribution in [3.05, 3.63) is 121 Å². The molecular formula is C33H30BN3O2. The van der Waals surface area contributed by atoms with Crippen LogP contribution in [0.4, 0.5) is 0 Å². The summed E-state index contributed by atoms with van der Waals surface area (Å²) in [4.78, 5) is 14.5. The van der Waals surface area contributed by atoms with Crippen molar-refractivity contribution in [3.8, 4) is 33.9 Å². The van der Waals surface area contributed by atoms with Gasteiger partial charge in [-0.25, -0.2) is 15.0 Å². The van der Waals surface area contributed by atoms with Gasteiger partial charge in [-0.2, -0.15) is 0 Å². The van der Waals surface area contributed by atoms with Gasteiger partial charge in [-0.1, -0.05) is 115 Å². The molecule has 39 heavy (non-hydrogen) atoms. The van der Waals surface area contributed by atoms with Gasteiger partial charge in [0, 0.05) is 17.5 Å². The molecule has 1 saturated heterocycles. The van der Waals surface area contributed by atoms with Crippen molar-refractivity contribution in [3.63, 3.8) is 0 Å². The lowest BCUT2D eigenvalue weighted by molar-refractivity contribution is -0.00876. The van der Waals surface area contributed by atoms with Crippen molar-refractivity contribution in [2.24, 2.45) is 0 Å². The minimum atomic E-state index is -0.727. The van der Waals surface area contributed by atoms with Gasteiger partial charge in [0.1, 0.15) is 0 Å². The van der Waals surface area contributed by atoms with Crippen molar-refractivity contribution in [2.75, 3.05) is 0 Å². The quantitative estimate of drug-likeness (QED) is 0.247. The maximum Gasteiger partial charge on any atom is 0.534 e. The van der Waals surface area contributed by atoms with Crippen molar-refractivity contribution >= 4 is 12.8 Å². The molecule has 5 nitrogen and oxygen atoms in total. The summed E-state index contributed by atoms with van der Waals surface area (Å²) < 4.78 is 13.3. The zero-order chi connectivity index (χ0) is 26.9. The van der Waals surface area contributed by atoms with E-state index in [4.69, 9.17) is 24.3 Å². The summed E-state index contributed by atoms with van der Waals surface area (Å²) >= 11 is 0. The topological polar surface area (TPSA) is 57.1 Å². The van der Waals surface area contributed by atoms with Gasteiger partial charge in [-0.15, -0.1) is 0 Å². The van der Waals surface area contributed by atoms with Gasteiger partial charge in [0.05, 0.1) is 11.2 Å². The Morgan fingerprint density at radius 1 is 0.564 bits per heavy atom. The van der Waals surface area contributed by atoms with Crippen LogP contribution in [0.2, 0.25) is 0 Å². The SMILES string of the molecule is CC1(C)OB(c2nc(-c3ccccc3)nc(-c3ccccc3)n2)OC1(C)Cc1cccc(-c2ccccc2)c1. The number of hydrogen-bond donors (Lipinski definition) is 0. The third-order valence-electron chi connectivity index (χ3n) is 7.55. The third-order valence-corrected chi connectivity index (χ3v) is 7.55. The van der Waals surface area contributed by atoms with E-state index in [1.807, 2.05) is 66.7 Å². The minimum Gasteiger partial charge on any atom is -0.397 e. The van der Waals surface area contributed by atoms with Gasteiger partial charge in [-0.05, 0) is 37.5 Å². The molecular weight excluding hydrogens is 481 g/mol. The Bertz CT molecular complexity index is 1520. The molecule has 0 N–H and O–H groups in total. The number of nitrogens with zero attached hydrogens (tertiary/aromatic N) is 3. The van der Waals surface area contributed by atoms with Crippen molar-refractivity contribution in [1.29, 1.82) is 0 Å². The first-order valence-corrected chi connectivity index (χ1v) is 13.3. The molecule has 1 fully saturated rings. The number of rotatable bonds is 6. The molecule has 0 spiro atoms. The molecule has 1 unspecified atom stereocenters. The van der Waals surface area contributed by atoms with Crippen LogP contribution in [0.25, 0.3) is 33.9 Å². The van der Waals surface area contributed by atoms with E-state index in [0.717, 1.165) is 11.1 Å². The lowest BCUT2D eigenvalue weighted by Gasteiger charge is -2.36. The summed E-state index contributed by atoms with van der Waals surface area (Å²) in [5.74, 6) is 1.18. The Hall–Kier alpha value is -4.13. The van der Waals surface area contributed by atoms with E-state index in [1.54, 1.807) is 0 Å². The van der Waals surface area contributed by atoms with Crippen LogP contribution >= 0.6 is 0 Å². The van der Waals surface area contributed by atoms with E-state index in [2.05, 4.69) is 69.3 Å². The molecule has 0 aliphatic carbocycles. The molecule has 2 heterocycles. The van der Waals surface area contributed by atoms with E-state index < -0.39 is 18.3 Å². The molecule has 0 amide bonds. The van der Waals surface area contributed by atoms with E-state index in [0.29, 0.717) is 23.8 Å². The Labute approximate surface area is 230 Å². The first-order valence-electron chi connectivity index (χ1n) is 13.3. The molecule has 0 bridgehead atoms. The Balaban J connectivity index is 1.34. The summed E-state index contributed by atoms with van der Waals surface area (Å²) in [6.07, 6.45) is 0.680. The second-order valence-corrected chi connectivity index (χ2v) is 10.6. The lowest BCUT2D eigenvalue weighted by Crippen LogP contribution is -2.46. The van der Waals surface area contributed by atoms with Gasteiger partial charge >= 0.3 is 7.12 Å². The molecule has 1 aliphatic rings. The van der Waals surface area contributed by atoms with Crippen LogP contribution in [-0.2, 0) is 15.7 Å². The normalized spacial score (nSPS) is 18.3. The van der Waals surface area contributed by atoms with E-state index in [-0.39, 0.29) is 0 Å². The number of hydrogen-bond acceptors (Lipinski definition) is 5. The summed E-state index contributed by atoms with van der Waals surface area (Å²) in [6, 6.07) is 38.9. The Morgan fingerprint density at radius 3 is 1.64 bits per heavy atom. The van der Waals surface area contributed by atoms with Crippen LogP contribution in [0.3, 0.4) is 0 Å². The predicted molar refractivity (Wildman–Crippen MR) is 156 cm³/mol. The van der Waals surface area contributed by atoms with E-state index in [1.165, 1.54) is 16.7 Å². The highest BCUT2D eigenvalue weighted by molar-refractivity contribution is 6.60. The highest BCUT2D eigenvalue weighted by Gasteiger charge is 2.55. The highest BCUT2D eigenvalue weighted by Crippen LogP contribution is 2.40. The zero-order valence-electron chi connectivity index (χ0n) is 22.4. The van der Waals surface area contributed by atoms with Crippen LogP contribution in [0, 0.1) is 0 Å².